The zero-order valence-corrected chi connectivity index (χ0v) is 13.3. The number of halogens is 1. The van der Waals surface area contributed by atoms with Gasteiger partial charge in [0.25, 0.3) is 10.2 Å². The maximum atomic E-state index is 12.6. The molecule has 0 aromatic rings. The van der Waals surface area contributed by atoms with E-state index in [-0.39, 0.29) is 17.8 Å². The van der Waals surface area contributed by atoms with Gasteiger partial charge in [-0.15, -0.1) is 12.4 Å². The molecule has 0 radical (unpaired) electrons. The van der Waals surface area contributed by atoms with Crippen molar-refractivity contribution in [2.75, 3.05) is 32.7 Å². The molecule has 1 unspecified atom stereocenters. The van der Waals surface area contributed by atoms with Crippen LogP contribution in [0.25, 0.3) is 0 Å². The van der Waals surface area contributed by atoms with Crippen LogP contribution in [0, 0.1) is 5.41 Å². The van der Waals surface area contributed by atoms with E-state index in [2.05, 4.69) is 6.92 Å². The zero-order valence-electron chi connectivity index (χ0n) is 11.7. The summed E-state index contributed by atoms with van der Waals surface area (Å²) < 4.78 is 28.4. The quantitative estimate of drug-likeness (QED) is 0.851. The first-order chi connectivity index (χ1) is 8.48. The number of hydrogen-bond acceptors (Lipinski definition) is 3. The van der Waals surface area contributed by atoms with E-state index in [0.717, 1.165) is 32.1 Å². The van der Waals surface area contributed by atoms with Gasteiger partial charge >= 0.3 is 0 Å². The van der Waals surface area contributed by atoms with Crippen LogP contribution in [-0.4, -0.2) is 49.8 Å². The minimum atomic E-state index is -3.26. The van der Waals surface area contributed by atoms with E-state index in [1.807, 2.05) is 0 Å². The third-order valence-electron chi connectivity index (χ3n) is 4.23. The molecule has 2 fully saturated rings. The van der Waals surface area contributed by atoms with Gasteiger partial charge in [0.2, 0.25) is 0 Å². The normalized spacial score (nSPS) is 30.8. The Balaban J connectivity index is 0.00000180. The summed E-state index contributed by atoms with van der Waals surface area (Å²) in [6, 6.07) is 0. The Labute approximate surface area is 123 Å². The van der Waals surface area contributed by atoms with Crippen LogP contribution in [0.3, 0.4) is 0 Å². The van der Waals surface area contributed by atoms with E-state index in [9.17, 15) is 8.42 Å². The monoisotopic (exact) mass is 311 g/mol. The highest BCUT2D eigenvalue weighted by Crippen LogP contribution is 2.31. The average molecular weight is 312 g/mol. The third-order valence-corrected chi connectivity index (χ3v) is 6.22. The Morgan fingerprint density at radius 1 is 1.05 bits per heavy atom. The Bertz CT molecular complexity index is 382. The van der Waals surface area contributed by atoms with Crippen molar-refractivity contribution in [2.24, 2.45) is 11.1 Å². The van der Waals surface area contributed by atoms with Crippen molar-refractivity contribution >= 4 is 22.6 Å². The first kappa shape index (κ1) is 17.2. The minimum absolute atomic E-state index is 0. The first-order valence-corrected chi connectivity index (χ1v) is 8.33. The van der Waals surface area contributed by atoms with E-state index in [0.29, 0.717) is 32.7 Å². The van der Waals surface area contributed by atoms with Gasteiger partial charge in [-0.1, -0.05) is 19.8 Å². The van der Waals surface area contributed by atoms with Gasteiger partial charge in [-0.2, -0.15) is 17.0 Å². The maximum Gasteiger partial charge on any atom is 0.281 e. The lowest BCUT2D eigenvalue weighted by molar-refractivity contribution is 0.326. The topological polar surface area (TPSA) is 66.6 Å². The molecule has 19 heavy (non-hydrogen) atoms. The van der Waals surface area contributed by atoms with Crippen LogP contribution in [0.5, 0.6) is 0 Å². The van der Waals surface area contributed by atoms with Crippen LogP contribution >= 0.6 is 12.4 Å². The first-order valence-electron chi connectivity index (χ1n) is 6.93. The Kier molecular flexibility index (Phi) is 6.07. The molecule has 0 saturated carbocycles. The van der Waals surface area contributed by atoms with Gasteiger partial charge < -0.3 is 5.73 Å². The van der Waals surface area contributed by atoms with Crippen molar-refractivity contribution in [1.82, 2.24) is 8.61 Å². The summed E-state index contributed by atoms with van der Waals surface area (Å²) in [5.41, 5.74) is 5.70. The predicted molar refractivity (Wildman–Crippen MR) is 79.6 cm³/mol. The Morgan fingerprint density at radius 2 is 1.63 bits per heavy atom. The summed E-state index contributed by atoms with van der Waals surface area (Å²) in [5.74, 6) is 0. The van der Waals surface area contributed by atoms with E-state index < -0.39 is 10.2 Å². The molecule has 2 saturated heterocycles. The summed E-state index contributed by atoms with van der Waals surface area (Å²) in [6.07, 6.45) is 5.14. The molecule has 114 valence electrons. The molecule has 0 bridgehead atoms. The van der Waals surface area contributed by atoms with Gasteiger partial charge in [0.1, 0.15) is 0 Å². The highest BCUT2D eigenvalue weighted by atomic mass is 35.5. The lowest BCUT2D eigenvalue weighted by Gasteiger charge is -2.27. The van der Waals surface area contributed by atoms with Crippen LogP contribution in [0.4, 0.5) is 0 Å². The highest BCUT2D eigenvalue weighted by molar-refractivity contribution is 7.86. The second-order valence-corrected chi connectivity index (χ2v) is 7.85. The van der Waals surface area contributed by atoms with Gasteiger partial charge in [-0.3, -0.25) is 0 Å². The summed E-state index contributed by atoms with van der Waals surface area (Å²) in [4.78, 5) is 0. The predicted octanol–water partition coefficient (Wildman–Crippen LogP) is 1.20. The number of nitrogens with two attached hydrogens (primary N) is 1. The molecule has 0 aromatic carbocycles. The molecule has 2 heterocycles. The van der Waals surface area contributed by atoms with E-state index >= 15 is 0 Å². The molecular formula is C12H26ClN3O2S. The Morgan fingerprint density at radius 3 is 2.11 bits per heavy atom. The van der Waals surface area contributed by atoms with Gasteiger partial charge in [0, 0.05) is 26.2 Å². The van der Waals surface area contributed by atoms with E-state index in [4.69, 9.17) is 5.73 Å². The van der Waals surface area contributed by atoms with Crippen LogP contribution in [0.2, 0.25) is 0 Å². The van der Waals surface area contributed by atoms with Crippen molar-refractivity contribution in [3.8, 4) is 0 Å². The van der Waals surface area contributed by atoms with E-state index in [1.54, 1.807) is 8.61 Å². The van der Waals surface area contributed by atoms with Crippen molar-refractivity contribution in [1.29, 1.82) is 0 Å². The molecule has 2 aliphatic heterocycles. The molecule has 5 nitrogen and oxygen atoms in total. The summed E-state index contributed by atoms with van der Waals surface area (Å²) in [5, 5.41) is 0. The maximum absolute atomic E-state index is 12.6. The van der Waals surface area contributed by atoms with Crippen molar-refractivity contribution in [3.63, 3.8) is 0 Å². The fraction of sp³-hybridized carbons (Fsp3) is 1.00. The summed E-state index contributed by atoms with van der Waals surface area (Å²) in [7, 11) is -3.26. The number of rotatable bonds is 3. The molecule has 2 N–H and O–H groups in total. The van der Waals surface area contributed by atoms with Gasteiger partial charge in [-0.25, -0.2) is 0 Å². The van der Waals surface area contributed by atoms with E-state index in [1.165, 1.54) is 0 Å². The molecule has 7 heteroatoms. The lowest BCUT2D eigenvalue weighted by atomic mass is 9.90. The summed E-state index contributed by atoms with van der Waals surface area (Å²) >= 11 is 0. The standard InChI is InChI=1S/C12H25N3O2S.ClH/c1-12(10-13)6-9-15(11-12)18(16,17)14-7-4-2-3-5-8-14;/h2-11,13H2,1H3;1H. The fourth-order valence-corrected chi connectivity index (χ4v) is 4.62. The molecule has 0 aliphatic carbocycles. The molecular weight excluding hydrogens is 286 g/mol. The molecule has 0 amide bonds. The molecule has 2 aliphatic rings. The Hall–Kier alpha value is 0.120. The smallest absolute Gasteiger partial charge is 0.281 e. The van der Waals surface area contributed by atoms with Crippen molar-refractivity contribution in [3.05, 3.63) is 0 Å². The fourth-order valence-electron chi connectivity index (χ4n) is 2.78. The van der Waals surface area contributed by atoms with Gasteiger partial charge in [0.15, 0.2) is 0 Å². The zero-order chi connectivity index (χ0) is 13.2. The van der Waals surface area contributed by atoms with Crippen molar-refractivity contribution < 1.29 is 8.42 Å². The van der Waals surface area contributed by atoms with Crippen LogP contribution < -0.4 is 5.73 Å². The highest BCUT2D eigenvalue weighted by Gasteiger charge is 2.40. The minimum Gasteiger partial charge on any atom is -0.330 e. The van der Waals surface area contributed by atoms with Crippen LogP contribution in [-0.2, 0) is 10.2 Å². The third kappa shape index (κ3) is 3.82. The van der Waals surface area contributed by atoms with Gasteiger partial charge in [-0.05, 0) is 31.2 Å². The largest absolute Gasteiger partial charge is 0.330 e. The second-order valence-electron chi connectivity index (χ2n) is 5.92. The molecule has 0 aromatic heterocycles. The average Bonchev–Trinajstić information content (AvgIpc) is 2.58. The molecule has 2 rings (SSSR count). The second kappa shape index (κ2) is 6.72. The van der Waals surface area contributed by atoms with Crippen LogP contribution in [0.15, 0.2) is 0 Å². The number of hydrogen-bond donors (Lipinski definition) is 1. The lowest BCUT2D eigenvalue weighted by Crippen LogP contribution is -2.44. The molecule has 0 spiro atoms. The number of nitrogens with zero attached hydrogens (tertiary/aromatic N) is 2. The molecule has 1 atom stereocenters. The summed E-state index contributed by atoms with van der Waals surface area (Å²) in [6.45, 7) is 5.18. The van der Waals surface area contributed by atoms with Crippen molar-refractivity contribution in [2.45, 2.75) is 39.0 Å². The van der Waals surface area contributed by atoms with Crippen LogP contribution in [0.1, 0.15) is 39.0 Å². The van der Waals surface area contributed by atoms with Gasteiger partial charge in [0.05, 0.1) is 0 Å². The SMILES string of the molecule is CC1(CN)CCN(S(=O)(=O)N2CCCCCC2)C1.Cl.